The van der Waals surface area contributed by atoms with Crippen molar-refractivity contribution in [2.75, 3.05) is 11.9 Å². The van der Waals surface area contributed by atoms with Gasteiger partial charge in [-0.05, 0) is 47.2 Å². The summed E-state index contributed by atoms with van der Waals surface area (Å²) in [5.41, 5.74) is 0.770. The third kappa shape index (κ3) is 3.48. The Morgan fingerprint density at radius 1 is 1.08 bits per heavy atom. The lowest BCUT2D eigenvalue weighted by atomic mass is 10.1. The van der Waals surface area contributed by atoms with E-state index in [1.54, 1.807) is 16.2 Å². The Labute approximate surface area is 156 Å². The molecule has 0 saturated carbocycles. The zero-order chi connectivity index (χ0) is 17.9. The van der Waals surface area contributed by atoms with Gasteiger partial charge in [0.2, 0.25) is 11.8 Å². The van der Waals surface area contributed by atoms with Crippen molar-refractivity contribution < 1.29 is 9.59 Å². The van der Waals surface area contributed by atoms with E-state index < -0.39 is 0 Å². The molecule has 1 saturated heterocycles. The molecule has 2 amide bonds. The van der Waals surface area contributed by atoms with Crippen LogP contribution in [-0.4, -0.2) is 29.3 Å². The van der Waals surface area contributed by atoms with E-state index in [-0.39, 0.29) is 17.9 Å². The number of hydrogen-bond acceptors (Lipinski definition) is 3. The molecule has 1 aliphatic rings. The smallest absolute Gasteiger partial charge is 0.247 e. The lowest BCUT2D eigenvalue weighted by Crippen LogP contribution is -2.43. The minimum atomic E-state index is -0.381. The largest absolute Gasteiger partial charge is 0.330 e. The molecule has 26 heavy (non-hydrogen) atoms. The first-order valence-electron chi connectivity index (χ1n) is 8.82. The molecule has 1 aliphatic heterocycles. The first-order chi connectivity index (χ1) is 12.7. The van der Waals surface area contributed by atoms with Gasteiger partial charge >= 0.3 is 0 Å². The summed E-state index contributed by atoms with van der Waals surface area (Å²) in [5.74, 6) is -0.0686. The highest BCUT2D eigenvalue weighted by atomic mass is 32.1. The predicted molar refractivity (Wildman–Crippen MR) is 105 cm³/mol. The fourth-order valence-corrected chi connectivity index (χ4v) is 4.19. The third-order valence-corrected chi connectivity index (χ3v) is 5.67. The number of anilines is 1. The highest BCUT2D eigenvalue weighted by Gasteiger charge is 2.34. The first-order valence-corrected chi connectivity index (χ1v) is 9.70. The Morgan fingerprint density at radius 3 is 2.73 bits per heavy atom. The summed E-state index contributed by atoms with van der Waals surface area (Å²) in [4.78, 5) is 28.1. The van der Waals surface area contributed by atoms with Crippen molar-refractivity contribution in [2.24, 2.45) is 0 Å². The maximum Gasteiger partial charge on any atom is 0.247 e. The Balaban J connectivity index is 1.46. The molecular formula is C21H20N2O2S. The normalized spacial score (nSPS) is 16.8. The summed E-state index contributed by atoms with van der Waals surface area (Å²) in [7, 11) is 0. The molecule has 1 fully saturated rings. The molecule has 0 radical (unpaired) electrons. The van der Waals surface area contributed by atoms with Gasteiger partial charge in [-0.3, -0.25) is 9.59 Å². The van der Waals surface area contributed by atoms with E-state index >= 15 is 0 Å². The molecule has 2 aromatic carbocycles. The van der Waals surface area contributed by atoms with Gasteiger partial charge in [-0.1, -0.05) is 36.4 Å². The third-order valence-electron chi connectivity index (χ3n) is 4.80. The van der Waals surface area contributed by atoms with Crippen LogP contribution in [0.3, 0.4) is 0 Å². The molecule has 1 unspecified atom stereocenters. The molecule has 4 rings (SSSR count). The SMILES string of the molecule is O=C(Nc1ccc2ccccc2c1)C1CCCN1C(=O)Cc1cccs1. The topological polar surface area (TPSA) is 49.4 Å². The number of likely N-dealkylation sites (tertiary alicyclic amines) is 1. The molecule has 0 spiro atoms. The Hall–Kier alpha value is -2.66. The van der Waals surface area contributed by atoms with Crippen molar-refractivity contribution >= 4 is 39.6 Å². The van der Waals surface area contributed by atoms with Crippen LogP contribution in [0.2, 0.25) is 0 Å². The second kappa shape index (κ2) is 7.30. The van der Waals surface area contributed by atoms with Crippen LogP contribution in [-0.2, 0) is 16.0 Å². The molecule has 4 nitrogen and oxygen atoms in total. The summed E-state index contributed by atoms with van der Waals surface area (Å²) in [6.45, 7) is 0.653. The predicted octanol–water partition coefficient (Wildman–Crippen LogP) is 4.07. The number of benzene rings is 2. The van der Waals surface area contributed by atoms with Gasteiger partial charge in [0.15, 0.2) is 0 Å². The average molecular weight is 364 g/mol. The first kappa shape index (κ1) is 16.8. The quantitative estimate of drug-likeness (QED) is 0.758. The van der Waals surface area contributed by atoms with Crippen LogP contribution < -0.4 is 5.32 Å². The maximum atomic E-state index is 12.8. The lowest BCUT2D eigenvalue weighted by Gasteiger charge is -2.24. The molecular weight excluding hydrogens is 344 g/mol. The van der Waals surface area contributed by atoms with Crippen LogP contribution in [0.5, 0.6) is 0 Å². The van der Waals surface area contributed by atoms with E-state index in [4.69, 9.17) is 0 Å². The fourth-order valence-electron chi connectivity index (χ4n) is 3.49. The second-order valence-corrected chi connectivity index (χ2v) is 7.58. The molecule has 1 aromatic heterocycles. The zero-order valence-electron chi connectivity index (χ0n) is 14.4. The van der Waals surface area contributed by atoms with Gasteiger partial charge < -0.3 is 10.2 Å². The lowest BCUT2D eigenvalue weighted by molar-refractivity contribution is -0.136. The molecule has 2 heterocycles. The van der Waals surface area contributed by atoms with Crippen LogP contribution in [0.1, 0.15) is 17.7 Å². The van der Waals surface area contributed by atoms with E-state index in [2.05, 4.69) is 5.32 Å². The average Bonchev–Trinajstić information content (AvgIpc) is 3.33. The molecule has 132 valence electrons. The second-order valence-electron chi connectivity index (χ2n) is 6.55. The van der Waals surface area contributed by atoms with E-state index in [1.165, 1.54) is 0 Å². The molecule has 0 bridgehead atoms. The van der Waals surface area contributed by atoms with Crippen LogP contribution in [0, 0.1) is 0 Å². The van der Waals surface area contributed by atoms with E-state index in [0.29, 0.717) is 13.0 Å². The van der Waals surface area contributed by atoms with Crippen molar-refractivity contribution in [1.29, 1.82) is 0 Å². The molecule has 3 aromatic rings. The molecule has 1 N–H and O–H groups in total. The van der Waals surface area contributed by atoms with Crippen molar-refractivity contribution in [3.63, 3.8) is 0 Å². The number of nitrogens with zero attached hydrogens (tertiary/aromatic N) is 1. The van der Waals surface area contributed by atoms with Gasteiger partial charge in [0.1, 0.15) is 6.04 Å². The van der Waals surface area contributed by atoms with Gasteiger partial charge in [-0.15, -0.1) is 11.3 Å². The van der Waals surface area contributed by atoms with E-state index in [0.717, 1.165) is 34.2 Å². The number of amides is 2. The van der Waals surface area contributed by atoms with Crippen molar-refractivity contribution in [1.82, 2.24) is 4.90 Å². The van der Waals surface area contributed by atoms with Gasteiger partial charge in [-0.25, -0.2) is 0 Å². The van der Waals surface area contributed by atoms with Crippen LogP contribution in [0.15, 0.2) is 60.0 Å². The zero-order valence-corrected chi connectivity index (χ0v) is 15.2. The Bertz CT molecular complexity index is 936. The van der Waals surface area contributed by atoms with Crippen molar-refractivity contribution in [3.8, 4) is 0 Å². The number of rotatable bonds is 4. The number of nitrogens with one attached hydrogen (secondary N) is 1. The molecule has 1 atom stereocenters. The van der Waals surface area contributed by atoms with E-state index in [9.17, 15) is 9.59 Å². The maximum absolute atomic E-state index is 12.8. The van der Waals surface area contributed by atoms with Crippen LogP contribution in [0.25, 0.3) is 10.8 Å². The monoisotopic (exact) mass is 364 g/mol. The standard InChI is InChI=1S/C21H20N2O2S/c24-20(14-18-7-4-12-26-18)23-11-3-8-19(23)21(25)22-17-10-9-15-5-1-2-6-16(15)13-17/h1-2,4-7,9-10,12-13,19H,3,8,11,14H2,(H,22,25). The van der Waals surface area contributed by atoms with Crippen LogP contribution in [0.4, 0.5) is 5.69 Å². The van der Waals surface area contributed by atoms with E-state index in [1.807, 2.05) is 60.0 Å². The Morgan fingerprint density at radius 2 is 1.92 bits per heavy atom. The molecule has 5 heteroatoms. The summed E-state index contributed by atoms with van der Waals surface area (Å²) in [5, 5.41) is 7.18. The number of thiophene rings is 1. The van der Waals surface area contributed by atoms with Gasteiger partial charge in [0.05, 0.1) is 6.42 Å². The number of carbonyl (C=O) groups is 2. The number of fused-ring (bicyclic) bond motifs is 1. The Kier molecular flexibility index (Phi) is 4.71. The minimum Gasteiger partial charge on any atom is -0.330 e. The van der Waals surface area contributed by atoms with Crippen LogP contribution >= 0.6 is 11.3 Å². The fraction of sp³-hybridized carbons (Fsp3) is 0.238. The summed E-state index contributed by atoms with van der Waals surface area (Å²) >= 11 is 1.58. The summed E-state index contributed by atoms with van der Waals surface area (Å²) < 4.78 is 0. The number of hydrogen-bond donors (Lipinski definition) is 1. The number of carbonyl (C=O) groups excluding carboxylic acids is 2. The minimum absolute atomic E-state index is 0.0311. The molecule has 0 aliphatic carbocycles. The summed E-state index contributed by atoms with van der Waals surface area (Å²) in [6.07, 6.45) is 1.96. The van der Waals surface area contributed by atoms with Gasteiger partial charge in [0.25, 0.3) is 0 Å². The van der Waals surface area contributed by atoms with Crippen molar-refractivity contribution in [3.05, 3.63) is 64.9 Å². The van der Waals surface area contributed by atoms with Crippen molar-refractivity contribution in [2.45, 2.75) is 25.3 Å². The highest BCUT2D eigenvalue weighted by molar-refractivity contribution is 7.10. The van der Waals surface area contributed by atoms with Gasteiger partial charge in [-0.2, -0.15) is 0 Å². The summed E-state index contributed by atoms with van der Waals surface area (Å²) in [6, 6.07) is 17.5. The van der Waals surface area contributed by atoms with Gasteiger partial charge in [0, 0.05) is 17.1 Å². The highest BCUT2D eigenvalue weighted by Crippen LogP contribution is 2.23.